The van der Waals surface area contributed by atoms with Crippen LogP contribution in [0.1, 0.15) is 5.56 Å². The highest BCUT2D eigenvalue weighted by atomic mass is 19.1. The molecule has 0 fully saturated rings. The van der Waals surface area contributed by atoms with E-state index in [9.17, 15) is 4.39 Å². The molecule has 0 aliphatic rings. The summed E-state index contributed by atoms with van der Waals surface area (Å²) in [4.78, 5) is 3.76. The summed E-state index contributed by atoms with van der Waals surface area (Å²) in [5.41, 5.74) is 5.75. The van der Waals surface area contributed by atoms with Gasteiger partial charge in [-0.1, -0.05) is 0 Å². The second-order valence-corrected chi connectivity index (χ2v) is 2.09. The van der Waals surface area contributed by atoms with Gasteiger partial charge in [0.05, 0.1) is 0 Å². The van der Waals surface area contributed by atoms with Crippen LogP contribution in [-0.2, 0) is 6.54 Å². The van der Waals surface area contributed by atoms with Gasteiger partial charge in [0.1, 0.15) is 0 Å². The fraction of sp³-hybridized carbons (Fsp3) is 0.286. The first-order chi connectivity index (χ1) is 5.29. The summed E-state index contributed by atoms with van der Waals surface area (Å²) in [6.45, 7) is 0.197. The summed E-state index contributed by atoms with van der Waals surface area (Å²) in [5, 5.41) is 2.63. The van der Waals surface area contributed by atoms with Crippen molar-refractivity contribution in [2.24, 2.45) is 5.73 Å². The zero-order valence-electron chi connectivity index (χ0n) is 6.26. The van der Waals surface area contributed by atoms with E-state index in [2.05, 4.69) is 10.3 Å². The van der Waals surface area contributed by atoms with Crippen molar-refractivity contribution in [1.29, 1.82) is 0 Å². The van der Waals surface area contributed by atoms with Crippen LogP contribution in [0.4, 0.5) is 10.2 Å². The number of aromatic nitrogens is 1. The topological polar surface area (TPSA) is 50.9 Å². The van der Waals surface area contributed by atoms with Gasteiger partial charge < -0.3 is 11.1 Å². The van der Waals surface area contributed by atoms with Crippen LogP contribution in [0.15, 0.2) is 12.3 Å². The first-order valence-corrected chi connectivity index (χ1v) is 3.30. The van der Waals surface area contributed by atoms with Gasteiger partial charge in [0.25, 0.3) is 0 Å². The summed E-state index contributed by atoms with van der Waals surface area (Å²) in [7, 11) is 1.62. The van der Waals surface area contributed by atoms with Crippen molar-refractivity contribution in [3.63, 3.8) is 0 Å². The van der Waals surface area contributed by atoms with Gasteiger partial charge in [-0.15, -0.1) is 0 Å². The average molecular weight is 155 g/mol. The number of rotatable bonds is 2. The highest BCUT2D eigenvalue weighted by Crippen LogP contribution is 2.12. The Balaban J connectivity index is 3.10. The van der Waals surface area contributed by atoms with Gasteiger partial charge in [-0.2, -0.15) is 0 Å². The number of nitrogens with two attached hydrogens (primary N) is 1. The Kier molecular flexibility index (Phi) is 2.38. The van der Waals surface area contributed by atoms with E-state index < -0.39 is 0 Å². The minimum Gasteiger partial charge on any atom is -0.371 e. The van der Waals surface area contributed by atoms with Gasteiger partial charge in [-0.05, 0) is 6.07 Å². The summed E-state index contributed by atoms with van der Waals surface area (Å²) < 4.78 is 13.1. The Morgan fingerprint density at radius 3 is 3.00 bits per heavy atom. The van der Waals surface area contributed by atoms with Crippen LogP contribution in [0.25, 0.3) is 0 Å². The van der Waals surface area contributed by atoms with Crippen LogP contribution in [0.3, 0.4) is 0 Å². The third-order valence-corrected chi connectivity index (χ3v) is 1.43. The molecule has 60 valence electrons. The average Bonchev–Trinajstić information content (AvgIpc) is 2.05. The summed E-state index contributed by atoms with van der Waals surface area (Å²) >= 11 is 0. The van der Waals surface area contributed by atoms with E-state index in [0.29, 0.717) is 5.56 Å². The van der Waals surface area contributed by atoms with Crippen molar-refractivity contribution in [1.82, 2.24) is 4.98 Å². The van der Waals surface area contributed by atoms with Gasteiger partial charge in [0, 0.05) is 25.4 Å². The molecule has 0 atom stereocenters. The molecule has 1 aromatic rings. The Bertz CT molecular complexity index is 227. The fourth-order valence-corrected chi connectivity index (χ4v) is 0.816. The lowest BCUT2D eigenvalue weighted by atomic mass is 10.2. The van der Waals surface area contributed by atoms with Gasteiger partial charge in [0.2, 0.25) is 0 Å². The lowest BCUT2D eigenvalue weighted by Gasteiger charge is -2.03. The molecule has 0 saturated carbocycles. The van der Waals surface area contributed by atoms with Gasteiger partial charge >= 0.3 is 0 Å². The molecule has 0 spiro atoms. The molecule has 0 unspecified atom stereocenters. The van der Waals surface area contributed by atoms with Crippen LogP contribution in [0.2, 0.25) is 0 Å². The summed E-state index contributed by atoms with van der Waals surface area (Å²) in [6, 6.07) is 1.57. The normalized spacial score (nSPS) is 9.73. The highest BCUT2D eigenvalue weighted by Gasteiger charge is 2.04. The van der Waals surface area contributed by atoms with Crippen LogP contribution < -0.4 is 11.1 Å². The zero-order chi connectivity index (χ0) is 8.27. The van der Waals surface area contributed by atoms with Crippen molar-refractivity contribution in [3.05, 3.63) is 23.6 Å². The maximum atomic E-state index is 13.1. The molecule has 11 heavy (non-hydrogen) atoms. The Morgan fingerprint density at radius 2 is 2.45 bits per heavy atom. The molecule has 0 aliphatic carbocycles. The molecular weight excluding hydrogens is 145 g/mol. The number of pyridine rings is 1. The molecule has 0 bridgehead atoms. The first-order valence-electron chi connectivity index (χ1n) is 3.30. The molecule has 1 rings (SSSR count). The molecule has 1 heterocycles. The number of hydrogen-bond acceptors (Lipinski definition) is 3. The first kappa shape index (κ1) is 7.94. The third-order valence-electron chi connectivity index (χ3n) is 1.43. The quantitative estimate of drug-likeness (QED) is 0.661. The zero-order valence-corrected chi connectivity index (χ0v) is 6.26. The molecule has 0 radical (unpaired) electrons. The van der Waals surface area contributed by atoms with Crippen molar-refractivity contribution in [3.8, 4) is 0 Å². The monoisotopic (exact) mass is 155 g/mol. The van der Waals surface area contributed by atoms with Crippen molar-refractivity contribution < 1.29 is 4.39 Å². The smallest absolute Gasteiger partial charge is 0.169 e. The number of nitrogens with one attached hydrogen (secondary N) is 1. The molecule has 1 aromatic heterocycles. The SMILES string of the molecule is CNc1nccc(CN)c1F. The Labute approximate surface area is 64.4 Å². The second-order valence-electron chi connectivity index (χ2n) is 2.09. The van der Waals surface area contributed by atoms with E-state index in [1.807, 2.05) is 0 Å². The predicted octanol–water partition coefficient (Wildman–Crippen LogP) is 0.721. The molecule has 3 N–H and O–H groups in total. The van der Waals surface area contributed by atoms with Crippen molar-refractivity contribution in [2.75, 3.05) is 12.4 Å². The molecule has 0 aliphatic heterocycles. The minimum absolute atomic E-state index is 0.197. The maximum absolute atomic E-state index is 13.1. The van der Waals surface area contributed by atoms with E-state index in [4.69, 9.17) is 5.73 Å². The number of halogens is 1. The highest BCUT2D eigenvalue weighted by molar-refractivity contribution is 5.38. The summed E-state index contributed by atoms with van der Waals surface area (Å²) in [6.07, 6.45) is 1.52. The molecule has 4 heteroatoms. The molecule has 0 saturated heterocycles. The molecular formula is C7H10FN3. The standard InChI is InChI=1S/C7H10FN3/c1-10-7-6(8)5(4-9)2-3-11-7/h2-3H,4,9H2,1H3,(H,10,11). The predicted molar refractivity (Wildman–Crippen MR) is 41.6 cm³/mol. The van der Waals surface area contributed by atoms with Crippen LogP contribution in [-0.4, -0.2) is 12.0 Å². The lowest BCUT2D eigenvalue weighted by molar-refractivity contribution is 0.608. The van der Waals surface area contributed by atoms with Gasteiger partial charge in [-0.25, -0.2) is 9.37 Å². The maximum Gasteiger partial charge on any atom is 0.169 e. The van der Waals surface area contributed by atoms with E-state index in [-0.39, 0.29) is 18.2 Å². The Hall–Kier alpha value is -1.16. The molecule has 0 amide bonds. The fourth-order valence-electron chi connectivity index (χ4n) is 0.816. The van der Waals surface area contributed by atoms with E-state index in [1.54, 1.807) is 13.1 Å². The van der Waals surface area contributed by atoms with Gasteiger partial charge in [-0.3, -0.25) is 0 Å². The lowest BCUT2D eigenvalue weighted by Crippen LogP contribution is -2.04. The number of anilines is 1. The minimum atomic E-state index is -0.363. The third kappa shape index (κ3) is 1.46. The van der Waals surface area contributed by atoms with Crippen LogP contribution in [0.5, 0.6) is 0 Å². The van der Waals surface area contributed by atoms with E-state index in [1.165, 1.54) is 6.20 Å². The van der Waals surface area contributed by atoms with Crippen LogP contribution in [0, 0.1) is 5.82 Å². The van der Waals surface area contributed by atoms with Gasteiger partial charge in [0.15, 0.2) is 11.6 Å². The second kappa shape index (κ2) is 3.30. The van der Waals surface area contributed by atoms with E-state index >= 15 is 0 Å². The summed E-state index contributed by atoms with van der Waals surface area (Å²) in [5.74, 6) is -0.120. The Morgan fingerprint density at radius 1 is 1.73 bits per heavy atom. The largest absolute Gasteiger partial charge is 0.371 e. The van der Waals surface area contributed by atoms with Crippen molar-refractivity contribution in [2.45, 2.75) is 6.54 Å². The van der Waals surface area contributed by atoms with E-state index in [0.717, 1.165) is 0 Å². The van der Waals surface area contributed by atoms with Crippen LogP contribution >= 0.6 is 0 Å². The molecule has 0 aromatic carbocycles. The number of nitrogens with zero attached hydrogens (tertiary/aromatic N) is 1. The molecule has 3 nitrogen and oxygen atoms in total. The number of hydrogen-bond donors (Lipinski definition) is 2. The van der Waals surface area contributed by atoms with Crippen molar-refractivity contribution >= 4 is 5.82 Å².